The predicted octanol–water partition coefficient (Wildman–Crippen LogP) is 2.57. The minimum atomic E-state index is -3.86. The number of aryl methyl sites for hydroxylation is 3. The van der Waals surface area contributed by atoms with Crippen molar-refractivity contribution < 1.29 is 13.2 Å². The van der Waals surface area contributed by atoms with Gasteiger partial charge in [0.25, 0.3) is 0 Å². The zero-order valence-electron chi connectivity index (χ0n) is 16.2. The lowest BCUT2D eigenvalue weighted by molar-refractivity contribution is -0.113. The summed E-state index contributed by atoms with van der Waals surface area (Å²) >= 11 is 1.24. The molecule has 0 saturated heterocycles. The van der Waals surface area contributed by atoms with Crippen LogP contribution in [0.25, 0.3) is 5.69 Å². The van der Waals surface area contributed by atoms with Crippen molar-refractivity contribution in [1.82, 2.24) is 14.8 Å². The van der Waals surface area contributed by atoms with E-state index in [9.17, 15) is 13.2 Å². The molecule has 0 atom stereocenters. The van der Waals surface area contributed by atoms with Gasteiger partial charge in [0.15, 0.2) is 5.16 Å². The van der Waals surface area contributed by atoms with Crippen LogP contribution in [0.1, 0.15) is 17.0 Å². The number of hydrogen-bond donors (Lipinski definition) is 2. The van der Waals surface area contributed by atoms with Crippen LogP contribution in [0.5, 0.6) is 0 Å². The van der Waals surface area contributed by atoms with E-state index in [1.165, 1.54) is 17.8 Å². The number of nitrogens with two attached hydrogens (primary N) is 1. The Balaban J connectivity index is 1.72. The Morgan fingerprint density at radius 2 is 1.79 bits per heavy atom. The molecule has 0 aliphatic rings. The third-order valence-electron chi connectivity index (χ3n) is 4.20. The second kappa shape index (κ2) is 8.36. The number of nitrogens with one attached hydrogen (secondary N) is 1. The molecular formula is C19H21N5O3S2. The Morgan fingerprint density at radius 1 is 1.10 bits per heavy atom. The Kier molecular flexibility index (Phi) is 6.06. The van der Waals surface area contributed by atoms with Crippen LogP contribution in [-0.4, -0.2) is 34.8 Å². The van der Waals surface area contributed by atoms with Crippen LogP contribution in [0.4, 0.5) is 5.69 Å². The molecule has 0 aliphatic carbocycles. The fourth-order valence-electron chi connectivity index (χ4n) is 2.74. The van der Waals surface area contributed by atoms with Crippen molar-refractivity contribution in [3.63, 3.8) is 0 Å². The second-order valence-electron chi connectivity index (χ2n) is 6.56. The summed E-state index contributed by atoms with van der Waals surface area (Å²) in [4.78, 5) is 12.3. The number of carbonyl (C=O) groups is 1. The first kappa shape index (κ1) is 21.0. The molecule has 1 aromatic heterocycles. The van der Waals surface area contributed by atoms with E-state index in [1.807, 2.05) is 42.7 Å². The molecule has 3 rings (SSSR count). The lowest BCUT2D eigenvalue weighted by Gasteiger charge is -2.10. The van der Waals surface area contributed by atoms with E-state index in [4.69, 9.17) is 5.14 Å². The number of thioether (sulfide) groups is 1. The molecule has 10 heteroatoms. The summed E-state index contributed by atoms with van der Waals surface area (Å²) in [6.07, 6.45) is 0. The number of primary sulfonamides is 1. The smallest absolute Gasteiger partial charge is 0.238 e. The van der Waals surface area contributed by atoms with Crippen molar-refractivity contribution >= 4 is 33.4 Å². The number of anilines is 1. The molecule has 0 aliphatic heterocycles. The van der Waals surface area contributed by atoms with Crippen molar-refractivity contribution in [2.75, 3.05) is 11.1 Å². The normalized spacial score (nSPS) is 11.4. The lowest BCUT2D eigenvalue weighted by Crippen LogP contribution is -2.17. The Hall–Kier alpha value is -2.69. The highest BCUT2D eigenvalue weighted by atomic mass is 32.2. The molecule has 0 radical (unpaired) electrons. The Bertz CT molecular complexity index is 1160. The van der Waals surface area contributed by atoms with Crippen LogP contribution in [0, 0.1) is 20.8 Å². The van der Waals surface area contributed by atoms with Crippen molar-refractivity contribution in [2.45, 2.75) is 30.8 Å². The summed E-state index contributed by atoms with van der Waals surface area (Å²) < 4.78 is 25.2. The standard InChI is InChI=1S/C19H21N5O3S2/c1-12-4-8-16(9-5-12)24-14(3)22-23-19(24)28-11-18(25)21-15-7-6-13(2)17(10-15)29(20,26)27/h4-10H,11H2,1-3H3,(H,21,25)(H2,20,26,27). The van der Waals surface area contributed by atoms with E-state index < -0.39 is 10.0 Å². The molecule has 8 nitrogen and oxygen atoms in total. The number of hydrogen-bond acceptors (Lipinski definition) is 6. The molecule has 0 spiro atoms. The highest BCUT2D eigenvalue weighted by Crippen LogP contribution is 2.23. The lowest BCUT2D eigenvalue weighted by atomic mass is 10.2. The monoisotopic (exact) mass is 431 g/mol. The molecule has 0 unspecified atom stereocenters. The first-order valence-electron chi connectivity index (χ1n) is 8.70. The van der Waals surface area contributed by atoms with Gasteiger partial charge < -0.3 is 5.32 Å². The van der Waals surface area contributed by atoms with Gasteiger partial charge in [-0.3, -0.25) is 9.36 Å². The van der Waals surface area contributed by atoms with Crippen molar-refractivity contribution in [3.05, 3.63) is 59.4 Å². The molecule has 0 saturated carbocycles. The summed E-state index contributed by atoms with van der Waals surface area (Å²) in [5, 5.41) is 16.8. The van der Waals surface area contributed by atoms with E-state index in [0.717, 1.165) is 11.3 Å². The fraction of sp³-hybridized carbons (Fsp3) is 0.211. The van der Waals surface area contributed by atoms with E-state index in [2.05, 4.69) is 15.5 Å². The highest BCUT2D eigenvalue weighted by Gasteiger charge is 2.15. The number of rotatable bonds is 6. The van der Waals surface area contributed by atoms with Crippen LogP contribution in [0.15, 0.2) is 52.5 Å². The SMILES string of the molecule is Cc1ccc(-n2c(C)nnc2SCC(=O)Nc2ccc(C)c(S(N)(=O)=O)c2)cc1. The maximum absolute atomic E-state index is 12.4. The Labute approximate surface area is 173 Å². The summed E-state index contributed by atoms with van der Waals surface area (Å²) in [6, 6.07) is 12.5. The van der Waals surface area contributed by atoms with Gasteiger partial charge in [-0.25, -0.2) is 13.6 Å². The van der Waals surface area contributed by atoms with E-state index in [-0.39, 0.29) is 16.6 Å². The Morgan fingerprint density at radius 3 is 2.45 bits per heavy atom. The quantitative estimate of drug-likeness (QED) is 0.579. The van der Waals surface area contributed by atoms with Gasteiger partial charge in [0, 0.05) is 11.4 Å². The van der Waals surface area contributed by atoms with Gasteiger partial charge in [0.1, 0.15) is 5.82 Å². The largest absolute Gasteiger partial charge is 0.325 e. The van der Waals surface area contributed by atoms with Gasteiger partial charge in [-0.15, -0.1) is 10.2 Å². The molecule has 1 heterocycles. The third kappa shape index (κ3) is 5.03. The predicted molar refractivity (Wildman–Crippen MR) is 113 cm³/mol. The second-order valence-corrected chi connectivity index (χ2v) is 9.04. The van der Waals surface area contributed by atoms with Gasteiger partial charge >= 0.3 is 0 Å². The van der Waals surface area contributed by atoms with Crippen LogP contribution < -0.4 is 10.5 Å². The first-order chi connectivity index (χ1) is 13.6. The molecule has 3 aromatic rings. The topological polar surface area (TPSA) is 120 Å². The molecule has 0 fully saturated rings. The van der Waals surface area contributed by atoms with Crippen LogP contribution >= 0.6 is 11.8 Å². The zero-order valence-corrected chi connectivity index (χ0v) is 17.8. The molecule has 29 heavy (non-hydrogen) atoms. The minimum absolute atomic E-state index is 0.0160. The molecule has 2 aromatic carbocycles. The van der Waals surface area contributed by atoms with Gasteiger partial charge in [-0.2, -0.15) is 0 Å². The molecular weight excluding hydrogens is 410 g/mol. The molecule has 1 amide bonds. The number of sulfonamides is 1. The zero-order chi connectivity index (χ0) is 21.2. The van der Waals surface area contributed by atoms with Gasteiger partial charge in [0.05, 0.1) is 10.6 Å². The first-order valence-corrected chi connectivity index (χ1v) is 11.2. The maximum atomic E-state index is 12.4. The number of amides is 1. The van der Waals surface area contributed by atoms with Crippen LogP contribution in [0.2, 0.25) is 0 Å². The van der Waals surface area contributed by atoms with E-state index >= 15 is 0 Å². The van der Waals surface area contributed by atoms with Gasteiger partial charge in [0.2, 0.25) is 15.9 Å². The fourth-order valence-corrected chi connectivity index (χ4v) is 4.34. The van der Waals surface area contributed by atoms with Crippen molar-refractivity contribution in [3.8, 4) is 5.69 Å². The van der Waals surface area contributed by atoms with E-state index in [0.29, 0.717) is 22.2 Å². The average Bonchev–Trinajstić information content (AvgIpc) is 3.02. The highest BCUT2D eigenvalue weighted by molar-refractivity contribution is 7.99. The van der Waals surface area contributed by atoms with Crippen molar-refractivity contribution in [2.24, 2.45) is 5.14 Å². The molecule has 152 valence electrons. The number of nitrogens with zero attached hydrogens (tertiary/aromatic N) is 3. The number of carbonyl (C=O) groups excluding carboxylic acids is 1. The summed E-state index contributed by atoms with van der Waals surface area (Å²) in [5.74, 6) is 0.506. The summed E-state index contributed by atoms with van der Waals surface area (Å²) in [6.45, 7) is 5.49. The van der Waals surface area contributed by atoms with Crippen molar-refractivity contribution in [1.29, 1.82) is 0 Å². The minimum Gasteiger partial charge on any atom is -0.325 e. The molecule has 0 bridgehead atoms. The number of benzene rings is 2. The summed E-state index contributed by atoms with van der Waals surface area (Å²) in [7, 11) is -3.86. The van der Waals surface area contributed by atoms with E-state index in [1.54, 1.807) is 19.1 Å². The number of aromatic nitrogens is 3. The van der Waals surface area contributed by atoms with Gasteiger partial charge in [-0.1, -0.05) is 35.5 Å². The van der Waals surface area contributed by atoms with Gasteiger partial charge in [-0.05, 0) is 50.6 Å². The van der Waals surface area contributed by atoms with Crippen LogP contribution in [0.3, 0.4) is 0 Å². The maximum Gasteiger partial charge on any atom is 0.238 e. The molecule has 3 N–H and O–H groups in total. The van der Waals surface area contributed by atoms with Crippen LogP contribution in [-0.2, 0) is 14.8 Å². The average molecular weight is 432 g/mol. The third-order valence-corrected chi connectivity index (χ3v) is 6.18. The summed E-state index contributed by atoms with van der Waals surface area (Å²) in [5.41, 5.74) is 2.94.